The van der Waals surface area contributed by atoms with Gasteiger partial charge in [0.05, 0.1) is 0 Å². The maximum absolute atomic E-state index is 9.95. The van der Waals surface area contributed by atoms with Gasteiger partial charge in [0.25, 0.3) is 0 Å². The predicted molar refractivity (Wildman–Crippen MR) is 45.2 cm³/mol. The summed E-state index contributed by atoms with van der Waals surface area (Å²) >= 11 is 0. The monoisotopic (exact) mass is 170 g/mol. The summed E-state index contributed by atoms with van der Waals surface area (Å²) in [4.78, 5) is 0. The van der Waals surface area contributed by atoms with Crippen molar-refractivity contribution >= 4 is 23.1 Å². The van der Waals surface area contributed by atoms with Gasteiger partial charge in [0, 0.05) is 0 Å². The minimum Gasteiger partial charge on any atom is -0.854 e. The molecule has 0 radical (unpaired) electrons. The molecule has 3 heteroatoms. The number of hydrogen-bond acceptors (Lipinski definition) is 2. The van der Waals surface area contributed by atoms with Crippen LogP contribution in [-0.4, -0.2) is 35.8 Å². The van der Waals surface area contributed by atoms with Crippen LogP contribution in [0.4, 0.5) is 0 Å². The Hall–Kier alpha value is 0.686. The molecule has 64 valence electrons. The van der Waals surface area contributed by atoms with Gasteiger partial charge in [-0.25, -0.2) is 0 Å². The molecular weight excluding hydrogens is 152 g/mol. The second-order valence-electron chi connectivity index (χ2n) is 3.75. The summed E-state index contributed by atoms with van der Waals surface area (Å²) in [6.45, 7) is 9.03. The maximum atomic E-state index is 9.95. The van der Waals surface area contributed by atoms with Crippen LogP contribution in [0.25, 0.3) is 0 Å². The normalized spacial score (nSPS) is 9.82. The van der Waals surface area contributed by atoms with Gasteiger partial charge in [0.2, 0.25) is 0 Å². The van der Waals surface area contributed by atoms with Crippen LogP contribution in [0.3, 0.4) is 0 Å². The molecule has 0 fully saturated rings. The average molecular weight is 171 g/mol. The Labute approximate surface area is 86.2 Å². The van der Waals surface area contributed by atoms with E-state index < -0.39 is 6.10 Å². The van der Waals surface area contributed by atoms with Crippen molar-refractivity contribution < 1.29 is 10.2 Å². The molecule has 0 N–H and O–H groups in total. The smallest absolute Gasteiger partial charge is 0.854 e. The molecule has 0 amide bonds. The summed E-state index contributed by atoms with van der Waals surface area (Å²) in [7, 11) is 0. The van der Waals surface area contributed by atoms with E-state index >= 15 is 0 Å². The molecule has 0 heterocycles. The van der Waals surface area contributed by atoms with Crippen molar-refractivity contribution in [1.29, 1.82) is 0 Å². The molecule has 0 aliphatic carbocycles. The first-order valence-electron chi connectivity index (χ1n) is 3.53. The molecule has 11 heavy (non-hydrogen) atoms. The van der Waals surface area contributed by atoms with Crippen LogP contribution in [0.2, 0.25) is 0 Å². The van der Waals surface area contributed by atoms with Gasteiger partial charge < -0.3 is 10.2 Å². The fraction of sp³-hybridized carbons (Fsp3) is 1.00. The third-order valence-corrected chi connectivity index (χ3v) is 0.433. The van der Waals surface area contributed by atoms with Crippen molar-refractivity contribution in [3.05, 3.63) is 0 Å². The molecule has 0 aromatic carbocycles. The average Bonchev–Trinajstić information content (AvgIpc) is 1.63. The Morgan fingerprint density at radius 3 is 1.27 bits per heavy atom. The topological polar surface area (TPSA) is 46.1 Å². The van der Waals surface area contributed by atoms with E-state index in [-0.39, 0.29) is 35.1 Å². The van der Waals surface area contributed by atoms with Gasteiger partial charge >= 0.3 is 23.1 Å². The van der Waals surface area contributed by atoms with E-state index in [4.69, 9.17) is 0 Å². The Morgan fingerprint density at radius 2 is 1.27 bits per heavy atom. The molecule has 0 saturated carbocycles. The molecule has 0 unspecified atom stereocenters. The standard InChI is InChI=1S/C5H11O.C3H7O.Mg/c1-5(2,3)4-6;1-3(2)4;/h4H2,1-3H3;3H,1-2H3;/q2*-1;+2. The van der Waals surface area contributed by atoms with E-state index in [1.807, 2.05) is 20.8 Å². The van der Waals surface area contributed by atoms with Gasteiger partial charge in [-0.1, -0.05) is 40.0 Å². The van der Waals surface area contributed by atoms with Crippen LogP contribution in [0.1, 0.15) is 34.6 Å². The Bertz CT molecular complexity index is 64.2. The molecule has 0 aliphatic heterocycles. The zero-order valence-electron chi connectivity index (χ0n) is 8.31. The molecule has 0 atom stereocenters. The number of rotatable bonds is 0. The van der Waals surface area contributed by atoms with Crippen LogP contribution in [-0.2, 0) is 0 Å². The predicted octanol–water partition coefficient (Wildman–Crippen LogP) is -0.233. The summed E-state index contributed by atoms with van der Waals surface area (Å²) in [6.07, 6.45) is -0.417. The van der Waals surface area contributed by atoms with E-state index in [1.54, 1.807) is 13.8 Å². The summed E-state index contributed by atoms with van der Waals surface area (Å²) < 4.78 is 0. The van der Waals surface area contributed by atoms with Gasteiger partial charge in [-0.15, -0.1) is 12.7 Å². The first-order chi connectivity index (χ1) is 4.29. The molecule has 0 saturated heterocycles. The van der Waals surface area contributed by atoms with Crippen LogP contribution in [0.5, 0.6) is 0 Å². The second kappa shape index (κ2) is 8.78. The molecular formula is C8H18MgO2. The summed E-state index contributed by atoms with van der Waals surface area (Å²) in [5.41, 5.74) is -0.0139. The second-order valence-corrected chi connectivity index (χ2v) is 3.75. The largest absolute Gasteiger partial charge is 2.00 e. The molecule has 0 spiro atoms. The minimum atomic E-state index is -0.417. The van der Waals surface area contributed by atoms with Crippen molar-refractivity contribution in [3.63, 3.8) is 0 Å². The zero-order valence-corrected chi connectivity index (χ0v) is 9.72. The SMILES string of the molecule is CC(C)(C)C[O-].CC(C)[O-].[Mg+2]. The first-order valence-corrected chi connectivity index (χ1v) is 3.53. The molecule has 0 aromatic rings. The zero-order chi connectivity index (χ0) is 8.78. The van der Waals surface area contributed by atoms with E-state index in [1.165, 1.54) is 0 Å². The van der Waals surface area contributed by atoms with Crippen LogP contribution in [0, 0.1) is 5.41 Å². The fourth-order valence-electron chi connectivity index (χ4n) is 0. The molecule has 0 bridgehead atoms. The van der Waals surface area contributed by atoms with Crippen LogP contribution < -0.4 is 10.2 Å². The van der Waals surface area contributed by atoms with Crippen LogP contribution in [0.15, 0.2) is 0 Å². The molecule has 0 rings (SSSR count). The van der Waals surface area contributed by atoms with E-state index in [2.05, 4.69) is 0 Å². The van der Waals surface area contributed by atoms with Crippen molar-refractivity contribution in [1.82, 2.24) is 0 Å². The van der Waals surface area contributed by atoms with Gasteiger partial charge in [0.15, 0.2) is 0 Å². The Kier molecular flexibility index (Phi) is 14.1. The van der Waals surface area contributed by atoms with Crippen molar-refractivity contribution in [2.45, 2.75) is 40.7 Å². The maximum Gasteiger partial charge on any atom is 2.00 e. The first kappa shape index (κ1) is 17.7. The van der Waals surface area contributed by atoms with Gasteiger partial charge in [-0.05, 0) is 0 Å². The summed E-state index contributed by atoms with van der Waals surface area (Å²) in [5, 5.41) is 19.5. The third-order valence-electron chi connectivity index (χ3n) is 0.433. The number of hydrogen-bond donors (Lipinski definition) is 0. The Morgan fingerprint density at radius 1 is 1.18 bits per heavy atom. The Balaban J connectivity index is -0.000000114. The summed E-state index contributed by atoms with van der Waals surface area (Å²) in [5.74, 6) is 0. The molecule has 2 nitrogen and oxygen atoms in total. The fourth-order valence-corrected chi connectivity index (χ4v) is 0. The van der Waals surface area contributed by atoms with E-state index in [0.29, 0.717) is 0 Å². The van der Waals surface area contributed by atoms with Gasteiger partial charge in [0.1, 0.15) is 0 Å². The van der Waals surface area contributed by atoms with E-state index in [0.717, 1.165) is 0 Å². The molecule has 0 aromatic heterocycles. The van der Waals surface area contributed by atoms with Crippen LogP contribution >= 0.6 is 0 Å². The third kappa shape index (κ3) is 59.3. The van der Waals surface area contributed by atoms with Crippen molar-refractivity contribution in [2.75, 3.05) is 6.61 Å². The van der Waals surface area contributed by atoms with E-state index in [9.17, 15) is 10.2 Å². The quantitative estimate of drug-likeness (QED) is 0.472. The van der Waals surface area contributed by atoms with Crippen molar-refractivity contribution in [2.24, 2.45) is 5.41 Å². The molecule has 0 aliphatic rings. The van der Waals surface area contributed by atoms with Gasteiger partial charge in [-0.2, -0.15) is 0 Å². The summed E-state index contributed by atoms with van der Waals surface area (Å²) in [6, 6.07) is 0. The van der Waals surface area contributed by atoms with Crippen molar-refractivity contribution in [3.8, 4) is 0 Å². The minimum absolute atomic E-state index is 0. The van der Waals surface area contributed by atoms with Gasteiger partial charge in [-0.3, -0.25) is 0 Å².